The van der Waals surface area contributed by atoms with Gasteiger partial charge < -0.3 is 10.8 Å². The second-order valence-corrected chi connectivity index (χ2v) is 3.59. The Labute approximate surface area is 86.5 Å². The highest BCUT2D eigenvalue weighted by atomic mass is 35.5. The zero-order valence-electron chi connectivity index (χ0n) is 7.04. The molecule has 0 aliphatic carbocycles. The van der Waals surface area contributed by atoms with E-state index in [0.717, 1.165) is 0 Å². The number of rotatable bonds is 2. The molecule has 0 aromatic carbocycles. The summed E-state index contributed by atoms with van der Waals surface area (Å²) in [6.45, 7) is 1.59. The molecule has 13 heavy (non-hydrogen) atoms. The molecule has 3 N–H and O–H groups in total. The third kappa shape index (κ3) is 2.54. The summed E-state index contributed by atoms with van der Waals surface area (Å²) in [7, 11) is 0. The van der Waals surface area contributed by atoms with E-state index >= 15 is 0 Å². The minimum atomic E-state index is -0.670. The number of nitrogens with zero attached hydrogens (tertiary/aromatic N) is 1. The molecule has 0 unspecified atom stereocenters. The molecule has 5 heteroatoms. The Kier molecular flexibility index (Phi) is 3.50. The molecule has 1 rings (SSSR count). The zero-order valence-corrected chi connectivity index (χ0v) is 8.55. The van der Waals surface area contributed by atoms with Crippen molar-refractivity contribution >= 4 is 23.2 Å². The third-order valence-electron chi connectivity index (χ3n) is 1.73. The van der Waals surface area contributed by atoms with Crippen molar-refractivity contribution in [2.24, 2.45) is 5.73 Å². The van der Waals surface area contributed by atoms with E-state index in [4.69, 9.17) is 28.9 Å². The first kappa shape index (κ1) is 10.7. The number of aromatic nitrogens is 1. The van der Waals surface area contributed by atoms with Gasteiger partial charge in [-0.1, -0.05) is 23.2 Å². The van der Waals surface area contributed by atoms with Gasteiger partial charge in [-0.3, -0.25) is 0 Å². The molecular weight excluding hydrogens is 211 g/mol. The van der Waals surface area contributed by atoms with Crippen LogP contribution in [0.25, 0.3) is 0 Å². The second kappa shape index (κ2) is 4.24. The Balaban J connectivity index is 3.05. The van der Waals surface area contributed by atoms with Crippen LogP contribution in [-0.2, 0) is 0 Å². The minimum Gasteiger partial charge on any atom is -0.391 e. The molecule has 2 atom stereocenters. The molecule has 1 aromatic heterocycles. The molecule has 0 fully saturated rings. The Morgan fingerprint density at radius 2 is 2.15 bits per heavy atom. The van der Waals surface area contributed by atoms with Crippen molar-refractivity contribution in [2.45, 2.75) is 19.1 Å². The van der Waals surface area contributed by atoms with Crippen molar-refractivity contribution < 1.29 is 5.11 Å². The molecule has 1 aromatic rings. The highest BCUT2D eigenvalue weighted by molar-refractivity contribution is 6.32. The highest BCUT2D eigenvalue weighted by Gasteiger charge is 2.15. The molecule has 0 aliphatic rings. The molecule has 0 bridgehead atoms. The predicted octanol–water partition coefficient (Wildman–Crippen LogP) is 1.77. The normalized spacial score (nSPS) is 15.5. The van der Waals surface area contributed by atoms with E-state index in [1.807, 2.05) is 0 Å². The second-order valence-electron chi connectivity index (χ2n) is 2.79. The monoisotopic (exact) mass is 220 g/mol. The van der Waals surface area contributed by atoms with Crippen LogP contribution in [0.15, 0.2) is 12.3 Å². The van der Waals surface area contributed by atoms with Gasteiger partial charge in [0, 0.05) is 6.20 Å². The summed E-state index contributed by atoms with van der Waals surface area (Å²) in [5.74, 6) is 0. The predicted molar refractivity (Wildman–Crippen MR) is 52.9 cm³/mol. The van der Waals surface area contributed by atoms with Crippen molar-refractivity contribution in [3.05, 3.63) is 28.0 Å². The zero-order chi connectivity index (χ0) is 10.0. The number of hydrogen-bond acceptors (Lipinski definition) is 3. The maximum absolute atomic E-state index is 9.24. The van der Waals surface area contributed by atoms with E-state index in [1.165, 1.54) is 6.20 Å². The SMILES string of the molecule is C[C@H](O)[C@@H](N)c1cc(Cl)ncc1Cl. The van der Waals surface area contributed by atoms with Gasteiger partial charge in [-0.25, -0.2) is 4.98 Å². The van der Waals surface area contributed by atoms with Gasteiger partial charge in [0.1, 0.15) is 5.15 Å². The molecule has 1 heterocycles. The number of halogens is 2. The smallest absolute Gasteiger partial charge is 0.129 e. The lowest BCUT2D eigenvalue weighted by molar-refractivity contribution is 0.164. The van der Waals surface area contributed by atoms with Gasteiger partial charge in [0.05, 0.1) is 17.2 Å². The average molecular weight is 221 g/mol. The topological polar surface area (TPSA) is 59.1 Å². The van der Waals surface area contributed by atoms with E-state index in [2.05, 4.69) is 4.98 Å². The maximum Gasteiger partial charge on any atom is 0.129 e. The number of hydrogen-bond donors (Lipinski definition) is 2. The quantitative estimate of drug-likeness (QED) is 0.748. The summed E-state index contributed by atoms with van der Waals surface area (Å²) in [6, 6.07) is 1.02. The molecule has 0 amide bonds. The van der Waals surface area contributed by atoms with E-state index in [-0.39, 0.29) is 0 Å². The Morgan fingerprint density at radius 1 is 1.54 bits per heavy atom. The van der Waals surface area contributed by atoms with E-state index in [1.54, 1.807) is 13.0 Å². The summed E-state index contributed by atoms with van der Waals surface area (Å²) >= 11 is 11.5. The number of pyridine rings is 1. The first-order valence-corrected chi connectivity index (χ1v) is 4.52. The van der Waals surface area contributed by atoms with Gasteiger partial charge in [0.2, 0.25) is 0 Å². The lowest BCUT2D eigenvalue weighted by Gasteiger charge is -2.16. The Hall–Kier alpha value is -0.350. The van der Waals surface area contributed by atoms with Crippen LogP contribution in [0.5, 0.6) is 0 Å². The van der Waals surface area contributed by atoms with Crippen LogP contribution in [0, 0.1) is 0 Å². The number of nitrogens with two attached hydrogens (primary N) is 1. The van der Waals surface area contributed by atoms with E-state index < -0.39 is 12.1 Å². The standard InChI is InChI=1S/C8H10Cl2N2O/c1-4(13)8(11)5-2-7(10)12-3-6(5)9/h2-4,8,13H,11H2,1H3/t4-,8+/m0/s1. The van der Waals surface area contributed by atoms with Gasteiger partial charge in [0.15, 0.2) is 0 Å². The molecule has 3 nitrogen and oxygen atoms in total. The summed E-state index contributed by atoms with van der Waals surface area (Å²) in [6.07, 6.45) is 0.748. The average Bonchev–Trinajstić information content (AvgIpc) is 2.08. The molecule has 0 radical (unpaired) electrons. The van der Waals surface area contributed by atoms with Gasteiger partial charge in [-0.15, -0.1) is 0 Å². The van der Waals surface area contributed by atoms with Crippen LogP contribution in [0.3, 0.4) is 0 Å². The molecule has 0 saturated carbocycles. The molecule has 72 valence electrons. The van der Waals surface area contributed by atoms with Crippen molar-refractivity contribution in [3.63, 3.8) is 0 Å². The van der Waals surface area contributed by atoms with Crippen LogP contribution >= 0.6 is 23.2 Å². The van der Waals surface area contributed by atoms with Crippen molar-refractivity contribution in [1.29, 1.82) is 0 Å². The fraction of sp³-hybridized carbons (Fsp3) is 0.375. The molecule has 0 spiro atoms. The summed E-state index contributed by atoms with van der Waals surface area (Å²) in [5, 5.41) is 9.97. The van der Waals surface area contributed by atoms with Crippen LogP contribution in [0.2, 0.25) is 10.2 Å². The summed E-state index contributed by atoms with van der Waals surface area (Å²) < 4.78 is 0. The van der Waals surface area contributed by atoms with Crippen molar-refractivity contribution in [3.8, 4) is 0 Å². The maximum atomic E-state index is 9.24. The van der Waals surface area contributed by atoms with Crippen LogP contribution in [0.1, 0.15) is 18.5 Å². The largest absolute Gasteiger partial charge is 0.391 e. The first-order valence-electron chi connectivity index (χ1n) is 3.77. The fourth-order valence-corrected chi connectivity index (χ4v) is 1.34. The Morgan fingerprint density at radius 3 is 2.69 bits per heavy atom. The van der Waals surface area contributed by atoms with E-state index in [0.29, 0.717) is 15.7 Å². The van der Waals surface area contributed by atoms with Gasteiger partial charge >= 0.3 is 0 Å². The summed E-state index contributed by atoms with van der Waals surface area (Å²) in [4.78, 5) is 3.78. The van der Waals surface area contributed by atoms with E-state index in [9.17, 15) is 5.11 Å². The van der Waals surface area contributed by atoms with Crippen LogP contribution in [0.4, 0.5) is 0 Å². The fourth-order valence-electron chi connectivity index (χ4n) is 0.943. The number of aliphatic hydroxyl groups is 1. The van der Waals surface area contributed by atoms with Gasteiger partial charge in [-0.05, 0) is 18.6 Å². The lowest BCUT2D eigenvalue weighted by atomic mass is 10.1. The molecular formula is C8H10Cl2N2O. The van der Waals surface area contributed by atoms with Crippen molar-refractivity contribution in [2.75, 3.05) is 0 Å². The van der Waals surface area contributed by atoms with Crippen LogP contribution in [-0.4, -0.2) is 16.2 Å². The third-order valence-corrected chi connectivity index (χ3v) is 2.25. The van der Waals surface area contributed by atoms with Crippen molar-refractivity contribution in [1.82, 2.24) is 4.98 Å². The van der Waals surface area contributed by atoms with Gasteiger partial charge in [-0.2, -0.15) is 0 Å². The van der Waals surface area contributed by atoms with Gasteiger partial charge in [0.25, 0.3) is 0 Å². The lowest BCUT2D eigenvalue weighted by Crippen LogP contribution is -2.23. The number of aliphatic hydroxyl groups excluding tert-OH is 1. The Bertz CT molecular complexity index is 304. The van der Waals surface area contributed by atoms with Crippen LogP contribution < -0.4 is 5.73 Å². The first-order chi connectivity index (χ1) is 6.02. The molecule has 0 saturated heterocycles. The highest BCUT2D eigenvalue weighted by Crippen LogP contribution is 2.24. The molecule has 0 aliphatic heterocycles. The summed E-state index contributed by atoms with van der Waals surface area (Å²) in [5.41, 5.74) is 6.29. The minimum absolute atomic E-state index is 0.315.